The molecule has 126 valence electrons. The van der Waals surface area contributed by atoms with Gasteiger partial charge in [-0.25, -0.2) is 0 Å². The minimum Gasteiger partial charge on any atom is -0.484 e. The Morgan fingerprint density at radius 2 is 1.92 bits per heavy atom. The van der Waals surface area contributed by atoms with Gasteiger partial charge in [0.15, 0.2) is 6.61 Å². The molecule has 2 aromatic carbocycles. The van der Waals surface area contributed by atoms with Crippen LogP contribution >= 0.6 is 11.6 Å². The van der Waals surface area contributed by atoms with Crippen molar-refractivity contribution in [2.75, 3.05) is 11.9 Å². The SMILES string of the molecule is CC(C)c1ccc(OCC(=O)Nc2cc([N+](=O)[O-])ccc2Cl)cc1. The van der Waals surface area contributed by atoms with Crippen LogP contribution in [0.15, 0.2) is 42.5 Å². The Morgan fingerprint density at radius 1 is 1.25 bits per heavy atom. The van der Waals surface area contributed by atoms with E-state index in [0.29, 0.717) is 11.7 Å². The number of benzene rings is 2. The van der Waals surface area contributed by atoms with Gasteiger partial charge in [0, 0.05) is 12.1 Å². The van der Waals surface area contributed by atoms with Gasteiger partial charge in [-0.3, -0.25) is 14.9 Å². The summed E-state index contributed by atoms with van der Waals surface area (Å²) < 4.78 is 5.40. The van der Waals surface area contributed by atoms with Gasteiger partial charge in [0.05, 0.1) is 15.6 Å². The topological polar surface area (TPSA) is 81.5 Å². The van der Waals surface area contributed by atoms with Crippen molar-refractivity contribution in [1.82, 2.24) is 0 Å². The number of carbonyl (C=O) groups excluding carboxylic acids is 1. The van der Waals surface area contributed by atoms with Crippen LogP contribution < -0.4 is 10.1 Å². The Kier molecular flexibility index (Phi) is 5.76. The number of nitro benzene ring substituents is 1. The monoisotopic (exact) mass is 348 g/mol. The molecular weight excluding hydrogens is 332 g/mol. The fourth-order valence-corrected chi connectivity index (χ4v) is 2.17. The van der Waals surface area contributed by atoms with Crippen LogP contribution in [0.3, 0.4) is 0 Å². The van der Waals surface area contributed by atoms with Gasteiger partial charge in [-0.1, -0.05) is 37.6 Å². The maximum Gasteiger partial charge on any atom is 0.271 e. The first kappa shape index (κ1) is 17.7. The van der Waals surface area contributed by atoms with Crippen LogP contribution in [0.25, 0.3) is 0 Å². The van der Waals surface area contributed by atoms with E-state index in [0.717, 1.165) is 0 Å². The average molecular weight is 349 g/mol. The third-order valence-corrected chi connectivity index (χ3v) is 3.68. The molecule has 0 saturated heterocycles. The fraction of sp³-hybridized carbons (Fsp3) is 0.235. The van der Waals surface area contributed by atoms with E-state index in [2.05, 4.69) is 19.2 Å². The number of hydrogen-bond acceptors (Lipinski definition) is 4. The number of hydrogen-bond donors (Lipinski definition) is 1. The molecule has 0 bridgehead atoms. The minimum absolute atomic E-state index is 0.153. The summed E-state index contributed by atoms with van der Waals surface area (Å²) in [5.74, 6) is 0.531. The Labute approximate surface area is 144 Å². The predicted octanol–water partition coefficient (Wildman–Crippen LogP) is 4.39. The molecule has 0 aliphatic rings. The maximum atomic E-state index is 11.9. The number of nitrogens with one attached hydrogen (secondary N) is 1. The standard InChI is InChI=1S/C17H17ClN2O4/c1-11(2)12-3-6-14(7-4-12)24-10-17(21)19-16-9-13(20(22)23)5-8-15(16)18/h3-9,11H,10H2,1-2H3,(H,19,21). The van der Waals surface area contributed by atoms with Gasteiger partial charge in [0.25, 0.3) is 11.6 Å². The zero-order chi connectivity index (χ0) is 17.7. The second-order valence-electron chi connectivity index (χ2n) is 5.48. The number of amides is 1. The molecule has 2 aromatic rings. The molecule has 0 aliphatic carbocycles. The highest BCUT2D eigenvalue weighted by Crippen LogP contribution is 2.26. The van der Waals surface area contributed by atoms with Gasteiger partial charge in [-0.2, -0.15) is 0 Å². The summed E-state index contributed by atoms with van der Waals surface area (Å²) in [6, 6.07) is 11.3. The molecule has 24 heavy (non-hydrogen) atoms. The van der Waals surface area contributed by atoms with Gasteiger partial charge < -0.3 is 10.1 Å². The zero-order valence-corrected chi connectivity index (χ0v) is 14.0. The highest BCUT2D eigenvalue weighted by molar-refractivity contribution is 6.33. The summed E-state index contributed by atoms with van der Waals surface area (Å²) >= 11 is 5.93. The van der Waals surface area contributed by atoms with Gasteiger partial charge in [-0.15, -0.1) is 0 Å². The average Bonchev–Trinajstić information content (AvgIpc) is 2.55. The summed E-state index contributed by atoms with van der Waals surface area (Å²) in [4.78, 5) is 22.1. The number of halogens is 1. The van der Waals surface area contributed by atoms with E-state index in [-0.39, 0.29) is 23.0 Å². The van der Waals surface area contributed by atoms with E-state index >= 15 is 0 Å². The van der Waals surface area contributed by atoms with Crippen LogP contribution in [-0.4, -0.2) is 17.4 Å². The number of anilines is 1. The van der Waals surface area contributed by atoms with Crippen molar-refractivity contribution in [3.05, 3.63) is 63.2 Å². The van der Waals surface area contributed by atoms with Gasteiger partial charge in [-0.05, 0) is 29.7 Å². The second kappa shape index (κ2) is 7.79. The van der Waals surface area contributed by atoms with Crippen LogP contribution in [-0.2, 0) is 4.79 Å². The Hall–Kier alpha value is -2.60. The van der Waals surface area contributed by atoms with Crippen molar-refractivity contribution >= 4 is 28.9 Å². The lowest BCUT2D eigenvalue weighted by Crippen LogP contribution is -2.20. The lowest BCUT2D eigenvalue weighted by molar-refractivity contribution is -0.384. The molecule has 1 N–H and O–H groups in total. The fourth-order valence-electron chi connectivity index (χ4n) is 2.01. The molecule has 0 fully saturated rings. The zero-order valence-electron chi connectivity index (χ0n) is 13.3. The molecule has 0 saturated carbocycles. The van der Waals surface area contributed by atoms with E-state index in [1.807, 2.05) is 12.1 Å². The lowest BCUT2D eigenvalue weighted by atomic mass is 10.0. The molecule has 0 atom stereocenters. The Bertz CT molecular complexity index is 745. The molecular formula is C17H17ClN2O4. The highest BCUT2D eigenvalue weighted by Gasteiger charge is 2.12. The summed E-state index contributed by atoms with van der Waals surface area (Å²) in [7, 11) is 0. The number of rotatable bonds is 6. The molecule has 0 spiro atoms. The molecule has 0 heterocycles. The van der Waals surface area contributed by atoms with E-state index in [9.17, 15) is 14.9 Å². The summed E-state index contributed by atoms with van der Waals surface area (Å²) in [6.07, 6.45) is 0. The van der Waals surface area contributed by atoms with Crippen molar-refractivity contribution in [3.8, 4) is 5.75 Å². The van der Waals surface area contributed by atoms with Crippen molar-refractivity contribution in [1.29, 1.82) is 0 Å². The van der Waals surface area contributed by atoms with E-state index in [1.54, 1.807) is 12.1 Å². The molecule has 1 amide bonds. The van der Waals surface area contributed by atoms with Gasteiger partial charge in [0.2, 0.25) is 0 Å². The quantitative estimate of drug-likeness (QED) is 0.620. The first-order valence-corrected chi connectivity index (χ1v) is 7.71. The molecule has 6 nitrogen and oxygen atoms in total. The first-order valence-electron chi connectivity index (χ1n) is 7.33. The maximum absolute atomic E-state index is 11.9. The largest absolute Gasteiger partial charge is 0.484 e. The predicted molar refractivity (Wildman–Crippen MR) is 92.8 cm³/mol. The number of non-ortho nitro benzene ring substituents is 1. The van der Waals surface area contributed by atoms with Crippen molar-refractivity contribution in [2.45, 2.75) is 19.8 Å². The molecule has 0 radical (unpaired) electrons. The van der Waals surface area contributed by atoms with Crippen LogP contribution in [0, 0.1) is 10.1 Å². The molecule has 2 rings (SSSR count). The van der Waals surface area contributed by atoms with Gasteiger partial charge in [0.1, 0.15) is 5.75 Å². The third kappa shape index (κ3) is 4.70. The Balaban J connectivity index is 1.96. The van der Waals surface area contributed by atoms with E-state index in [4.69, 9.17) is 16.3 Å². The van der Waals surface area contributed by atoms with Crippen LogP contribution in [0.2, 0.25) is 5.02 Å². The molecule has 0 unspecified atom stereocenters. The highest BCUT2D eigenvalue weighted by atomic mass is 35.5. The molecule has 7 heteroatoms. The van der Waals surface area contributed by atoms with E-state index < -0.39 is 10.8 Å². The smallest absolute Gasteiger partial charge is 0.271 e. The molecule has 0 aliphatic heterocycles. The molecule has 0 aromatic heterocycles. The number of carbonyl (C=O) groups is 1. The normalized spacial score (nSPS) is 10.5. The second-order valence-corrected chi connectivity index (χ2v) is 5.89. The third-order valence-electron chi connectivity index (χ3n) is 3.35. The van der Waals surface area contributed by atoms with Crippen LogP contribution in [0.4, 0.5) is 11.4 Å². The number of nitrogens with zero attached hydrogens (tertiary/aromatic N) is 1. The van der Waals surface area contributed by atoms with Crippen molar-refractivity contribution in [2.24, 2.45) is 0 Å². The van der Waals surface area contributed by atoms with E-state index in [1.165, 1.54) is 23.8 Å². The minimum atomic E-state index is -0.557. The first-order chi connectivity index (χ1) is 11.4. The van der Waals surface area contributed by atoms with Crippen molar-refractivity contribution < 1.29 is 14.5 Å². The Morgan fingerprint density at radius 3 is 2.50 bits per heavy atom. The van der Waals surface area contributed by atoms with Crippen LogP contribution in [0.1, 0.15) is 25.3 Å². The van der Waals surface area contributed by atoms with Crippen molar-refractivity contribution in [3.63, 3.8) is 0 Å². The van der Waals surface area contributed by atoms with Crippen LogP contribution in [0.5, 0.6) is 5.75 Å². The summed E-state index contributed by atoms with van der Waals surface area (Å²) in [5.41, 5.74) is 1.20. The van der Waals surface area contributed by atoms with Gasteiger partial charge >= 0.3 is 0 Å². The number of nitro groups is 1. The summed E-state index contributed by atoms with van der Waals surface area (Å²) in [5, 5.41) is 13.5. The lowest BCUT2D eigenvalue weighted by Gasteiger charge is -2.10. The summed E-state index contributed by atoms with van der Waals surface area (Å²) in [6.45, 7) is 3.96. The number of ether oxygens (including phenoxy) is 1.